The lowest BCUT2D eigenvalue weighted by atomic mass is 9.82. The molecule has 1 aromatic carbocycles. The van der Waals surface area contributed by atoms with Crippen LogP contribution in [0.2, 0.25) is 0 Å². The average molecular weight is 296 g/mol. The van der Waals surface area contributed by atoms with Crippen LogP contribution in [0.1, 0.15) is 42.5 Å². The van der Waals surface area contributed by atoms with E-state index in [9.17, 15) is 13.2 Å². The second-order valence-electron chi connectivity index (χ2n) is 5.35. The standard InChI is InChI=1S/C15H20O4S/c1-20(17,18)19-15(13-10-6-3-7-11-13)14(16)12-8-4-2-5-9-12/h2,4-5,8-9,13,15H,3,6-7,10-11H2,1H3. The lowest BCUT2D eigenvalue weighted by molar-refractivity contribution is 0.0637. The van der Waals surface area contributed by atoms with Gasteiger partial charge in [-0.05, 0) is 18.8 Å². The Hall–Kier alpha value is -1.20. The fourth-order valence-corrected chi connectivity index (χ4v) is 3.35. The van der Waals surface area contributed by atoms with Gasteiger partial charge in [0.2, 0.25) is 0 Å². The third kappa shape index (κ3) is 4.15. The molecule has 110 valence electrons. The minimum absolute atomic E-state index is 0.00817. The zero-order valence-electron chi connectivity index (χ0n) is 11.6. The number of ketones is 1. The molecule has 1 fully saturated rings. The van der Waals surface area contributed by atoms with Crippen molar-refractivity contribution in [2.75, 3.05) is 6.26 Å². The van der Waals surface area contributed by atoms with Crippen LogP contribution in [0, 0.1) is 5.92 Å². The normalized spacial score (nSPS) is 18.6. The Morgan fingerprint density at radius 1 is 1.15 bits per heavy atom. The Morgan fingerprint density at radius 2 is 1.75 bits per heavy atom. The molecule has 1 saturated carbocycles. The first-order valence-corrected chi connectivity index (χ1v) is 8.76. The van der Waals surface area contributed by atoms with Crippen LogP contribution in [-0.2, 0) is 14.3 Å². The smallest absolute Gasteiger partial charge is 0.265 e. The van der Waals surface area contributed by atoms with Gasteiger partial charge in [-0.25, -0.2) is 0 Å². The highest BCUT2D eigenvalue weighted by atomic mass is 32.2. The van der Waals surface area contributed by atoms with Crippen molar-refractivity contribution >= 4 is 15.9 Å². The van der Waals surface area contributed by atoms with Gasteiger partial charge in [0.1, 0.15) is 6.10 Å². The lowest BCUT2D eigenvalue weighted by Gasteiger charge is -2.28. The molecule has 0 aromatic heterocycles. The predicted octanol–water partition coefficient (Wildman–Crippen LogP) is 2.79. The second kappa shape index (κ2) is 6.50. The average Bonchev–Trinajstić information content (AvgIpc) is 2.45. The van der Waals surface area contributed by atoms with Crippen molar-refractivity contribution in [2.45, 2.75) is 38.2 Å². The van der Waals surface area contributed by atoms with Crippen LogP contribution in [0.3, 0.4) is 0 Å². The van der Waals surface area contributed by atoms with Gasteiger partial charge in [0, 0.05) is 5.56 Å². The molecule has 0 radical (unpaired) electrons. The first-order chi connectivity index (χ1) is 9.47. The van der Waals surface area contributed by atoms with Gasteiger partial charge in [-0.1, -0.05) is 49.6 Å². The van der Waals surface area contributed by atoms with E-state index in [1.54, 1.807) is 24.3 Å². The zero-order valence-corrected chi connectivity index (χ0v) is 12.4. The third-order valence-corrected chi connectivity index (χ3v) is 4.23. The van der Waals surface area contributed by atoms with Crippen molar-refractivity contribution in [1.82, 2.24) is 0 Å². The van der Waals surface area contributed by atoms with E-state index in [-0.39, 0.29) is 11.7 Å². The number of Topliss-reactive ketones (excluding diaryl/α,β-unsaturated/α-hetero) is 1. The van der Waals surface area contributed by atoms with Gasteiger partial charge in [0.25, 0.3) is 10.1 Å². The van der Waals surface area contributed by atoms with Gasteiger partial charge in [-0.2, -0.15) is 8.42 Å². The van der Waals surface area contributed by atoms with E-state index < -0.39 is 16.2 Å². The molecular weight excluding hydrogens is 276 g/mol. The summed E-state index contributed by atoms with van der Waals surface area (Å²) in [6.07, 6.45) is 5.00. The van der Waals surface area contributed by atoms with E-state index in [0.29, 0.717) is 5.56 Å². The van der Waals surface area contributed by atoms with Gasteiger partial charge in [0.05, 0.1) is 6.26 Å². The van der Waals surface area contributed by atoms with E-state index in [1.807, 2.05) is 6.07 Å². The third-order valence-electron chi connectivity index (χ3n) is 3.67. The fourth-order valence-electron chi connectivity index (χ4n) is 2.73. The van der Waals surface area contributed by atoms with Crippen molar-refractivity contribution < 1.29 is 17.4 Å². The summed E-state index contributed by atoms with van der Waals surface area (Å²) in [5.41, 5.74) is 0.506. The zero-order chi connectivity index (χ0) is 14.6. The van der Waals surface area contributed by atoms with Crippen LogP contribution in [0.5, 0.6) is 0 Å². The summed E-state index contributed by atoms with van der Waals surface area (Å²) in [6, 6.07) is 8.76. The Balaban J connectivity index is 2.23. The Morgan fingerprint density at radius 3 is 2.30 bits per heavy atom. The molecule has 1 unspecified atom stereocenters. The van der Waals surface area contributed by atoms with Gasteiger partial charge >= 0.3 is 0 Å². The Kier molecular flexibility index (Phi) is 4.94. The molecule has 1 atom stereocenters. The molecule has 5 heteroatoms. The summed E-state index contributed by atoms with van der Waals surface area (Å²) in [5, 5.41) is 0. The molecule has 0 bridgehead atoms. The highest BCUT2D eigenvalue weighted by molar-refractivity contribution is 7.86. The minimum Gasteiger partial charge on any atom is -0.291 e. The van der Waals surface area contributed by atoms with Crippen LogP contribution in [0.25, 0.3) is 0 Å². The molecule has 2 rings (SSSR count). The Labute approximate surface area is 120 Å². The van der Waals surface area contributed by atoms with Gasteiger partial charge in [-0.15, -0.1) is 0 Å². The number of carbonyl (C=O) groups excluding carboxylic acids is 1. The monoisotopic (exact) mass is 296 g/mol. The van der Waals surface area contributed by atoms with Crippen LogP contribution in [0.4, 0.5) is 0 Å². The number of benzene rings is 1. The van der Waals surface area contributed by atoms with Gasteiger partial charge < -0.3 is 0 Å². The number of hydrogen-bond donors (Lipinski definition) is 0. The van der Waals surface area contributed by atoms with Crippen LogP contribution in [-0.4, -0.2) is 26.6 Å². The molecule has 0 saturated heterocycles. The van der Waals surface area contributed by atoms with E-state index in [4.69, 9.17) is 4.18 Å². The molecule has 4 nitrogen and oxygen atoms in total. The van der Waals surface area contributed by atoms with E-state index >= 15 is 0 Å². The van der Waals surface area contributed by atoms with Crippen LogP contribution in [0.15, 0.2) is 30.3 Å². The maximum absolute atomic E-state index is 12.5. The maximum Gasteiger partial charge on any atom is 0.265 e. The summed E-state index contributed by atoms with van der Waals surface area (Å²) in [6.45, 7) is 0. The molecule has 0 aliphatic heterocycles. The summed E-state index contributed by atoms with van der Waals surface area (Å²) in [5.74, 6) is -0.242. The molecule has 0 amide bonds. The lowest BCUT2D eigenvalue weighted by Crippen LogP contribution is -2.35. The summed E-state index contributed by atoms with van der Waals surface area (Å²) < 4.78 is 28.0. The van der Waals surface area contributed by atoms with Gasteiger partial charge in [0.15, 0.2) is 5.78 Å². The van der Waals surface area contributed by atoms with Gasteiger partial charge in [-0.3, -0.25) is 8.98 Å². The van der Waals surface area contributed by atoms with Crippen molar-refractivity contribution in [3.63, 3.8) is 0 Å². The Bertz CT molecular complexity index is 544. The van der Waals surface area contributed by atoms with Crippen molar-refractivity contribution in [3.05, 3.63) is 35.9 Å². The highest BCUT2D eigenvalue weighted by Gasteiger charge is 2.33. The first-order valence-electron chi connectivity index (χ1n) is 6.95. The molecule has 1 aliphatic carbocycles. The largest absolute Gasteiger partial charge is 0.291 e. The van der Waals surface area contributed by atoms with Crippen molar-refractivity contribution in [3.8, 4) is 0 Å². The molecule has 0 heterocycles. The highest BCUT2D eigenvalue weighted by Crippen LogP contribution is 2.30. The van der Waals surface area contributed by atoms with Crippen molar-refractivity contribution in [2.24, 2.45) is 5.92 Å². The quantitative estimate of drug-likeness (QED) is 0.619. The van der Waals surface area contributed by atoms with E-state index in [2.05, 4.69) is 0 Å². The number of hydrogen-bond acceptors (Lipinski definition) is 4. The molecular formula is C15H20O4S. The van der Waals surface area contributed by atoms with E-state index in [1.165, 1.54) is 0 Å². The fraction of sp³-hybridized carbons (Fsp3) is 0.533. The molecule has 20 heavy (non-hydrogen) atoms. The minimum atomic E-state index is -3.65. The van der Waals surface area contributed by atoms with E-state index in [0.717, 1.165) is 38.4 Å². The molecule has 0 N–H and O–H groups in total. The van der Waals surface area contributed by atoms with Crippen LogP contribution < -0.4 is 0 Å². The van der Waals surface area contributed by atoms with Crippen molar-refractivity contribution in [1.29, 1.82) is 0 Å². The summed E-state index contributed by atoms with van der Waals surface area (Å²) in [7, 11) is -3.65. The van der Waals surface area contributed by atoms with Crippen LogP contribution >= 0.6 is 0 Å². The predicted molar refractivity (Wildman–Crippen MR) is 77.1 cm³/mol. The summed E-state index contributed by atoms with van der Waals surface area (Å²) >= 11 is 0. The topological polar surface area (TPSA) is 60.4 Å². The molecule has 1 aliphatic rings. The second-order valence-corrected chi connectivity index (χ2v) is 6.95. The number of carbonyl (C=O) groups is 1. The molecule has 1 aromatic rings. The molecule has 0 spiro atoms. The number of rotatable bonds is 5. The SMILES string of the molecule is CS(=O)(=O)OC(C(=O)c1ccccc1)C1CCCCC1. The maximum atomic E-state index is 12.5. The summed E-state index contributed by atoms with van der Waals surface area (Å²) in [4.78, 5) is 12.5. The first kappa shape index (κ1) is 15.2.